The highest BCUT2D eigenvalue weighted by atomic mass is 16.7. The highest BCUT2D eigenvalue weighted by molar-refractivity contribution is 5.76. The molecule has 0 aromatic heterocycles. The fourth-order valence-electron chi connectivity index (χ4n) is 2.84. The molecule has 0 saturated heterocycles. The third kappa shape index (κ3) is 1.71. The number of hydrogen-bond donors (Lipinski definition) is 1. The van der Waals surface area contributed by atoms with Gasteiger partial charge in [-0.3, -0.25) is 0 Å². The summed E-state index contributed by atoms with van der Waals surface area (Å²) in [6.07, 6.45) is 0.776. The summed E-state index contributed by atoms with van der Waals surface area (Å²) in [6.45, 7) is 0.863. The Morgan fingerprint density at radius 3 is 3.00 bits per heavy atom. The predicted octanol–water partition coefficient (Wildman–Crippen LogP) is -1.71. The lowest BCUT2D eigenvalue weighted by Crippen LogP contribution is -3.11. The number of benzene rings is 1. The fraction of sp³-hybridized carbons (Fsp3) is 0.462. The Hall–Kier alpha value is -1.95. The van der Waals surface area contributed by atoms with Crippen molar-refractivity contribution < 1.29 is 29.0 Å². The molecule has 2 aliphatic rings. The molecule has 1 aromatic rings. The molecule has 0 bridgehead atoms. The highest BCUT2D eigenvalue weighted by Gasteiger charge is 2.37. The van der Waals surface area contributed by atoms with Gasteiger partial charge in [0.25, 0.3) is 0 Å². The Morgan fingerprint density at radius 1 is 1.53 bits per heavy atom. The van der Waals surface area contributed by atoms with Gasteiger partial charge in [0, 0.05) is 6.42 Å². The van der Waals surface area contributed by atoms with Crippen LogP contribution in [0.4, 0.5) is 0 Å². The second-order valence-electron chi connectivity index (χ2n) is 4.81. The lowest BCUT2D eigenvalue weighted by Gasteiger charge is -2.33. The lowest BCUT2D eigenvalue weighted by molar-refractivity contribution is -0.907. The third-order valence-electron chi connectivity index (χ3n) is 3.75. The summed E-state index contributed by atoms with van der Waals surface area (Å²) in [5, 5.41) is 11.4. The van der Waals surface area contributed by atoms with Crippen molar-refractivity contribution in [1.82, 2.24) is 0 Å². The van der Waals surface area contributed by atoms with E-state index >= 15 is 0 Å². The van der Waals surface area contributed by atoms with Crippen LogP contribution in [0.2, 0.25) is 0 Å². The van der Waals surface area contributed by atoms with Gasteiger partial charge in [0.2, 0.25) is 12.5 Å². The molecular weight excluding hydrogens is 250 g/mol. The van der Waals surface area contributed by atoms with Crippen LogP contribution in [0.5, 0.6) is 17.2 Å². The number of aliphatic carboxylic acids is 1. The Balaban J connectivity index is 2.23. The molecule has 3 rings (SSSR count). The van der Waals surface area contributed by atoms with E-state index in [-0.39, 0.29) is 6.79 Å². The van der Waals surface area contributed by atoms with Crippen molar-refractivity contribution in [3.05, 3.63) is 17.2 Å². The predicted molar refractivity (Wildman–Crippen MR) is 62.3 cm³/mol. The molecule has 0 aliphatic carbocycles. The summed E-state index contributed by atoms with van der Waals surface area (Å²) in [5.41, 5.74) is 1.58. The molecule has 2 aliphatic heterocycles. The number of rotatable bonds is 2. The second kappa shape index (κ2) is 4.31. The molecule has 6 nitrogen and oxygen atoms in total. The normalized spacial score (nSPS) is 23.9. The molecule has 0 spiro atoms. The van der Waals surface area contributed by atoms with Gasteiger partial charge in [-0.15, -0.1) is 0 Å². The zero-order valence-electron chi connectivity index (χ0n) is 10.8. The molecule has 6 heteroatoms. The number of quaternary nitrogens is 1. The van der Waals surface area contributed by atoms with Crippen molar-refractivity contribution >= 4 is 5.97 Å². The van der Waals surface area contributed by atoms with E-state index in [0.717, 1.165) is 23.4 Å². The number of carboxylic acid groups (broad SMARTS) is 1. The molecule has 0 fully saturated rings. The molecule has 1 N–H and O–H groups in total. The molecule has 1 aromatic carbocycles. The van der Waals surface area contributed by atoms with E-state index in [9.17, 15) is 9.90 Å². The zero-order chi connectivity index (χ0) is 13.6. The molecule has 102 valence electrons. The smallest absolute Gasteiger partial charge is 0.231 e. The largest absolute Gasteiger partial charge is 0.544 e. The van der Waals surface area contributed by atoms with Gasteiger partial charge in [0.15, 0.2) is 17.5 Å². The van der Waals surface area contributed by atoms with Crippen molar-refractivity contribution in [3.63, 3.8) is 0 Å². The lowest BCUT2D eigenvalue weighted by atomic mass is 9.91. The van der Waals surface area contributed by atoms with Gasteiger partial charge in [0.05, 0.1) is 26.3 Å². The van der Waals surface area contributed by atoms with Crippen molar-refractivity contribution in [1.29, 1.82) is 0 Å². The molecule has 1 unspecified atom stereocenters. The average molecular weight is 265 g/mol. The standard InChI is InChI=1S/C13H15NO5/c1-14-4-3-7-5-8-11(19-6-18-8)12(17-2)9(7)10(14)13(15)16/h5,10H,3-4,6H2,1-2H3,(H,15,16)/t10-/m0/s1. The van der Waals surface area contributed by atoms with Crippen LogP contribution in [-0.4, -0.2) is 33.5 Å². The van der Waals surface area contributed by atoms with Gasteiger partial charge in [-0.05, 0) is 11.6 Å². The number of fused-ring (bicyclic) bond motifs is 2. The van der Waals surface area contributed by atoms with Crippen LogP contribution in [0.15, 0.2) is 6.07 Å². The topological polar surface area (TPSA) is 72.3 Å². The Labute approximate surface area is 110 Å². The zero-order valence-corrected chi connectivity index (χ0v) is 10.8. The first-order valence-electron chi connectivity index (χ1n) is 6.16. The molecule has 19 heavy (non-hydrogen) atoms. The number of hydrogen-bond acceptors (Lipinski definition) is 5. The summed E-state index contributed by atoms with van der Waals surface area (Å²) < 4.78 is 16.1. The minimum absolute atomic E-state index is 0.132. The molecule has 2 atom stereocenters. The van der Waals surface area contributed by atoms with Gasteiger partial charge < -0.3 is 29.0 Å². The van der Waals surface area contributed by atoms with Crippen molar-refractivity contribution in [3.8, 4) is 17.2 Å². The first-order valence-corrected chi connectivity index (χ1v) is 6.16. The minimum Gasteiger partial charge on any atom is -0.544 e. The maximum atomic E-state index is 11.4. The monoisotopic (exact) mass is 265 g/mol. The molecule has 0 radical (unpaired) electrons. The van der Waals surface area contributed by atoms with E-state index in [2.05, 4.69) is 0 Å². The second-order valence-corrected chi connectivity index (χ2v) is 4.81. The maximum Gasteiger partial charge on any atom is 0.231 e. The van der Waals surface area contributed by atoms with Gasteiger partial charge in [0.1, 0.15) is 5.97 Å². The highest BCUT2D eigenvalue weighted by Crippen LogP contribution is 2.47. The quantitative estimate of drug-likeness (QED) is 0.689. The molecular formula is C13H15NO5. The summed E-state index contributed by atoms with van der Waals surface area (Å²) in [6, 6.07) is 1.11. The molecule has 2 heterocycles. The van der Waals surface area contributed by atoms with Gasteiger partial charge >= 0.3 is 0 Å². The number of carboxylic acids is 1. The number of nitrogens with one attached hydrogen (secondary N) is 1. The number of carbonyl (C=O) groups excluding carboxylic acids is 1. The van der Waals surface area contributed by atoms with E-state index < -0.39 is 12.0 Å². The van der Waals surface area contributed by atoms with Crippen molar-refractivity contribution in [2.45, 2.75) is 12.5 Å². The van der Waals surface area contributed by atoms with Crippen LogP contribution >= 0.6 is 0 Å². The number of carbonyl (C=O) groups is 1. The van der Waals surface area contributed by atoms with E-state index in [4.69, 9.17) is 14.2 Å². The third-order valence-corrected chi connectivity index (χ3v) is 3.75. The first kappa shape index (κ1) is 12.1. The minimum atomic E-state index is -1.10. The van der Waals surface area contributed by atoms with Gasteiger partial charge in [-0.2, -0.15) is 0 Å². The van der Waals surface area contributed by atoms with E-state index in [1.807, 2.05) is 13.1 Å². The van der Waals surface area contributed by atoms with Crippen LogP contribution in [0.3, 0.4) is 0 Å². The van der Waals surface area contributed by atoms with Crippen LogP contribution < -0.4 is 24.2 Å². The summed E-state index contributed by atoms with van der Waals surface area (Å²) >= 11 is 0. The van der Waals surface area contributed by atoms with Crippen LogP contribution in [0, 0.1) is 0 Å². The molecule has 0 amide bonds. The maximum absolute atomic E-state index is 11.4. The fourth-order valence-corrected chi connectivity index (χ4v) is 2.84. The summed E-state index contributed by atoms with van der Waals surface area (Å²) in [5.74, 6) is 0.461. The average Bonchev–Trinajstić information content (AvgIpc) is 2.83. The SMILES string of the molecule is COc1c2c(cc3c1[C@@H](C(=O)[O-])[NH+](C)CC3)OCO2. The van der Waals surface area contributed by atoms with Crippen LogP contribution in [0.25, 0.3) is 0 Å². The summed E-state index contributed by atoms with van der Waals surface area (Å²) in [7, 11) is 3.35. The number of methoxy groups -OCH3 is 1. The van der Waals surface area contributed by atoms with Crippen molar-refractivity contribution in [2.75, 3.05) is 27.5 Å². The van der Waals surface area contributed by atoms with Crippen LogP contribution in [-0.2, 0) is 11.2 Å². The van der Waals surface area contributed by atoms with Crippen LogP contribution in [0.1, 0.15) is 17.2 Å². The number of likely N-dealkylation sites (N-methyl/N-ethyl adjacent to an activating group) is 1. The van der Waals surface area contributed by atoms with E-state index in [1.54, 1.807) is 0 Å². The summed E-state index contributed by atoms with van der Waals surface area (Å²) in [4.78, 5) is 12.3. The van der Waals surface area contributed by atoms with E-state index in [1.165, 1.54) is 7.11 Å². The van der Waals surface area contributed by atoms with Gasteiger partial charge in [-0.1, -0.05) is 0 Å². The van der Waals surface area contributed by atoms with E-state index in [0.29, 0.717) is 22.8 Å². The van der Waals surface area contributed by atoms with Gasteiger partial charge in [-0.25, -0.2) is 0 Å². The Morgan fingerprint density at radius 2 is 2.32 bits per heavy atom. The Kier molecular flexibility index (Phi) is 2.74. The first-order chi connectivity index (χ1) is 9.13. The Bertz CT molecular complexity index is 542. The van der Waals surface area contributed by atoms with Crippen molar-refractivity contribution in [2.24, 2.45) is 0 Å². The number of ether oxygens (including phenoxy) is 3. The molecule has 0 saturated carbocycles.